The number of aryl methyl sites for hydroxylation is 2. The number of H-pyrrole nitrogens is 1. The molecule has 2 aliphatic rings. The van der Waals surface area contributed by atoms with Crippen molar-refractivity contribution >= 4 is 27.5 Å². The Morgan fingerprint density at radius 3 is 2.53 bits per heavy atom. The highest BCUT2D eigenvalue weighted by atomic mass is 32.2. The van der Waals surface area contributed by atoms with E-state index in [4.69, 9.17) is 0 Å². The molecule has 0 aliphatic carbocycles. The van der Waals surface area contributed by atoms with Gasteiger partial charge in [0.15, 0.2) is 0 Å². The van der Waals surface area contributed by atoms with Gasteiger partial charge in [0.05, 0.1) is 5.92 Å². The van der Waals surface area contributed by atoms with E-state index in [1.807, 2.05) is 32.0 Å². The Labute approximate surface area is 201 Å². The van der Waals surface area contributed by atoms with Gasteiger partial charge in [-0.15, -0.1) is 0 Å². The van der Waals surface area contributed by atoms with Crippen LogP contribution in [-0.2, 0) is 14.8 Å². The van der Waals surface area contributed by atoms with Crippen molar-refractivity contribution in [3.63, 3.8) is 0 Å². The van der Waals surface area contributed by atoms with Gasteiger partial charge in [-0.25, -0.2) is 8.42 Å². The first-order valence-electron chi connectivity index (χ1n) is 12.0. The number of carbonyl (C=O) groups excluding carboxylic acids is 2. The zero-order valence-corrected chi connectivity index (χ0v) is 21.0. The van der Waals surface area contributed by atoms with E-state index >= 15 is 0 Å². The fourth-order valence-electron chi connectivity index (χ4n) is 4.66. The fourth-order valence-corrected chi connectivity index (χ4v) is 6.18. The topological polar surface area (TPSA) is 103 Å². The molecule has 2 N–H and O–H groups in total. The number of aromatic amines is 1. The summed E-state index contributed by atoms with van der Waals surface area (Å²) in [5.74, 6) is -0.169. The number of likely N-dealkylation sites (tertiary alicyclic amines) is 1. The number of rotatable bonds is 5. The number of hydrogen-bond donors (Lipinski definition) is 2. The molecule has 2 aromatic rings. The second-order valence-electron chi connectivity index (χ2n) is 9.73. The molecule has 1 atom stereocenters. The fraction of sp³-hybridized carbons (Fsp3) is 0.520. The number of amides is 2. The van der Waals surface area contributed by atoms with Crippen LogP contribution in [0.1, 0.15) is 54.2 Å². The zero-order valence-electron chi connectivity index (χ0n) is 20.1. The van der Waals surface area contributed by atoms with E-state index in [0.29, 0.717) is 38.4 Å². The SMILES string of the molecule is Cc1ccc(C)c(NC(=O)[C@@H]2CCCN(S(=O)(=O)c3c[nH]c(C(=O)N4CCC(C)CC4)c3)C2)c1. The summed E-state index contributed by atoms with van der Waals surface area (Å²) in [4.78, 5) is 30.5. The number of anilines is 1. The van der Waals surface area contributed by atoms with E-state index in [1.54, 1.807) is 4.90 Å². The average molecular weight is 487 g/mol. The Bertz CT molecular complexity index is 1170. The van der Waals surface area contributed by atoms with Crippen LogP contribution < -0.4 is 5.32 Å². The smallest absolute Gasteiger partial charge is 0.270 e. The molecule has 2 amide bonds. The average Bonchev–Trinajstić information content (AvgIpc) is 3.33. The number of piperidine rings is 2. The highest BCUT2D eigenvalue weighted by molar-refractivity contribution is 7.89. The van der Waals surface area contributed by atoms with Crippen LogP contribution in [0.25, 0.3) is 0 Å². The lowest BCUT2D eigenvalue weighted by Gasteiger charge is -2.31. The largest absolute Gasteiger partial charge is 0.356 e. The van der Waals surface area contributed by atoms with E-state index in [0.717, 1.165) is 29.7 Å². The monoisotopic (exact) mass is 486 g/mol. The quantitative estimate of drug-likeness (QED) is 0.675. The standard InChI is InChI=1S/C25H34N4O4S/c1-17-8-11-28(12-9-17)25(31)23-14-21(15-26-23)34(32,33)29-10-4-5-20(16-29)24(30)27-22-13-18(2)6-7-19(22)3/h6-7,13-15,17,20,26H,4-5,8-12,16H2,1-3H3,(H,27,30)/t20-/m1/s1. The van der Waals surface area contributed by atoms with Crippen molar-refractivity contribution in [3.05, 3.63) is 47.3 Å². The van der Waals surface area contributed by atoms with Crippen molar-refractivity contribution in [2.75, 3.05) is 31.5 Å². The summed E-state index contributed by atoms with van der Waals surface area (Å²) in [6, 6.07) is 7.29. The highest BCUT2D eigenvalue weighted by Crippen LogP contribution is 2.27. The summed E-state index contributed by atoms with van der Waals surface area (Å²) in [5, 5.41) is 2.97. The molecule has 0 unspecified atom stereocenters. The Morgan fingerprint density at radius 1 is 1.06 bits per heavy atom. The predicted molar refractivity (Wildman–Crippen MR) is 131 cm³/mol. The van der Waals surface area contributed by atoms with Crippen LogP contribution in [0.15, 0.2) is 35.4 Å². The van der Waals surface area contributed by atoms with Crippen LogP contribution >= 0.6 is 0 Å². The van der Waals surface area contributed by atoms with Crippen LogP contribution in [0.5, 0.6) is 0 Å². The van der Waals surface area contributed by atoms with Gasteiger partial charge in [-0.2, -0.15) is 4.31 Å². The van der Waals surface area contributed by atoms with Crippen molar-refractivity contribution in [1.29, 1.82) is 0 Å². The third kappa shape index (κ3) is 5.20. The second-order valence-corrected chi connectivity index (χ2v) is 11.7. The number of hydrogen-bond acceptors (Lipinski definition) is 4. The van der Waals surface area contributed by atoms with Crippen LogP contribution in [0.3, 0.4) is 0 Å². The molecule has 4 rings (SSSR count). The van der Waals surface area contributed by atoms with Gasteiger partial charge in [0.1, 0.15) is 10.6 Å². The van der Waals surface area contributed by atoms with Crippen molar-refractivity contribution in [3.8, 4) is 0 Å². The van der Waals surface area contributed by atoms with Crippen molar-refractivity contribution in [2.24, 2.45) is 11.8 Å². The molecular weight excluding hydrogens is 452 g/mol. The summed E-state index contributed by atoms with van der Waals surface area (Å²) < 4.78 is 28.0. The highest BCUT2D eigenvalue weighted by Gasteiger charge is 2.34. The predicted octanol–water partition coefficient (Wildman–Crippen LogP) is 3.54. The van der Waals surface area contributed by atoms with Gasteiger partial charge in [0.25, 0.3) is 5.91 Å². The van der Waals surface area contributed by atoms with Gasteiger partial charge in [0, 0.05) is 38.1 Å². The van der Waals surface area contributed by atoms with Gasteiger partial charge in [0.2, 0.25) is 15.9 Å². The molecule has 2 fully saturated rings. The first-order valence-corrected chi connectivity index (χ1v) is 13.4. The molecule has 9 heteroatoms. The minimum atomic E-state index is -3.82. The number of aromatic nitrogens is 1. The molecule has 0 radical (unpaired) electrons. The Morgan fingerprint density at radius 2 is 1.79 bits per heavy atom. The number of benzene rings is 1. The molecule has 2 saturated heterocycles. The summed E-state index contributed by atoms with van der Waals surface area (Å²) >= 11 is 0. The van der Waals surface area contributed by atoms with E-state index < -0.39 is 15.9 Å². The molecule has 0 saturated carbocycles. The lowest BCUT2D eigenvalue weighted by Crippen LogP contribution is -2.43. The second kappa shape index (κ2) is 9.92. The molecular formula is C25H34N4O4S. The number of nitrogens with one attached hydrogen (secondary N) is 2. The molecule has 34 heavy (non-hydrogen) atoms. The summed E-state index contributed by atoms with van der Waals surface area (Å²) in [6.45, 7) is 7.92. The third-order valence-corrected chi connectivity index (χ3v) is 8.84. The normalized spacial score (nSPS) is 20.3. The zero-order chi connectivity index (χ0) is 24.5. The summed E-state index contributed by atoms with van der Waals surface area (Å²) in [6.07, 6.45) is 4.53. The van der Waals surface area contributed by atoms with E-state index in [1.165, 1.54) is 16.6 Å². The van der Waals surface area contributed by atoms with Crippen LogP contribution in [0.2, 0.25) is 0 Å². The van der Waals surface area contributed by atoms with Crippen molar-refractivity contribution in [1.82, 2.24) is 14.2 Å². The number of nitrogens with zero attached hydrogens (tertiary/aromatic N) is 2. The number of carbonyl (C=O) groups is 2. The molecule has 1 aromatic heterocycles. The van der Waals surface area contributed by atoms with Crippen LogP contribution in [-0.4, -0.2) is 60.6 Å². The van der Waals surface area contributed by atoms with Crippen molar-refractivity contribution < 1.29 is 18.0 Å². The minimum Gasteiger partial charge on any atom is -0.356 e. The van der Waals surface area contributed by atoms with Crippen LogP contribution in [0, 0.1) is 25.7 Å². The molecule has 0 spiro atoms. The molecule has 8 nitrogen and oxygen atoms in total. The Hall–Kier alpha value is -2.65. The first kappa shape index (κ1) is 24.5. The Balaban J connectivity index is 1.44. The van der Waals surface area contributed by atoms with Gasteiger partial charge >= 0.3 is 0 Å². The van der Waals surface area contributed by atoms with Crippen molar-refractivity contribution in [2.45, 2.75) is 51.3 Å². The molecule has 1 aromatic carbocycles. The molecule has 2 aliphatic heterocycles. The Kier molecular flexibility index (Phi) is 7.14. The van der Waals surface area contributed by atoms with E-state index in [9.17, 15) is 18.0 Å². The first-order chi connectivity index (χ1) is 16.1. The lowest BCUT2D eigenvalue weighted by molar-refractivity contribution is -0.120. The third-order valence-electron chi connectivity index (χ3n) is 7.00. The van der Waals surface area contributed by atoms with Gasteiger partial charge in [-0.05, 0) is 68.7 Å². The maximum atomic E-state index is 13.3. The van der Waals surface area contributed by atoms with E-state index in [-0.39, 0.29) is 28.9 Å². The maximum Gasteiger partial charge on any atom is 0.270 e. The lowest BCUT2D eigenvalue weighted by atomic mass is 9.98. The summed E-state index contributed by atoms with van der Waals surface area (Å²) in [5.41, 5.74) is 3.05. The van der Waals surface area contributed by atoms with Gasteiger partial charge in [-0.1, -0.05) is 19.1 Å². The van der Waals surface area contributed by atoms with Gasteiger partial charge in [-0.3, -0.25) is 9.59 Å². The van der Waals surface area contributed by atoms with Gasteiger partial charge < -0.3 is 15.2 Å². The minimum absolute atomic E-state index is 0.0665. The molecule has 184 valence electrons. The molecule has 3 heterocycles. The number of sulfonamides is 1. The molecule has 0 bridgehead atoms. The van der Waals surface area contributed by atoms with E-state index in [2.05, 4.69) is 17.2 Å². The maximum absolute atomic E-state index is 13.3. The van der Waals surface area contributed by atoms with Crippen LogP contribution in [0.4, 0.5) is 5.69 Å². The summed E-state index contributed by atoms with van der Waals surface area (Å²) in [7, 11) is -3.82.